The molecule has 1 aromatic carbocycles. The van der Waals surface area contributed by atoms with Crippen LogP contribution in [0.15, 0.2) is 33.7 Å². The van der Waals surface area contributed by atoms with Crippen molar-refractivity contribution in [2.45, 2.75) is 37.7 Å². The zero-order valence-electron chi connectivity index (χ0n) is 14.8. The van der Waals surface area contributed by atoms with E-state index in [0.717, 1.165) is 0 Å². The number of carbonyl (C=O) groups is 1. The zero-order chi connectivity index (χ0) is 19.4. The number of aryl methyl sites for hydroxylation is 1. The molecule has 10 heteroatoms. The Kier molecular flexibility index (Phi) is 6.13. The highest BCUT2D eigenvalue weighted by Gasteiger charge is 2.34. The number of benzene rings is 1. The number of ether oxygens (including phenoxy) is 1. The molecule has 0 spiro atoms. The number of rotatable bonds is 6. The molecular formula is C17H20ClN3O5S. The van der Waals surface area contributed by atoms with E-state index in [0.29, 0.717) is 36.7 Å². The Hall–Kier alpha value is -1.97. The molecule has 1 unspecified atom stereocenters. The molecular weight excluding hydrogens is 394 g/mol. The second kappa shape index (κ2) is 8.37. The van der Waals surface area contributed by atoms with Gasteiger partial charge < -0.3 is 9.26 Å². The van der Waals surface area contributed by atoms with Gasteiger partial charge in [-0.15, -0.1) is 0 Å². The molecule has 1 fully saturated rings. The first-order chi connectivity index (χ1) is 12.9. The molecule has 1 aliphatic heterocycles. The van der Waals surface area contributed by atoms with Crippen LogP contribution in [0.2, 0.25) is 5.02 Å². The summed E-state index contributed by atoms with van der Waals surface area (Å²) in [6.45, 7) is 2.21. The van der Waals surface area contributed by atoms with Gasteiger partial charge in [-0.3, -0.25) is 4.79 Å². The molecule has 1 atom stereocenters. The van der Waals surface area contributed by atoms with Crippen LogP contribution in [-0.2, 0) is 32.6 Å². The average molecular weight is 414 g/mol. The second-order valence-electron chi connectivity index (χ2n) is 6.22. The summed E-state index contributed by atoms with van der Waals surface area (Å²) in [6.07, 6.45) is 1.76. The number of halogens is 1. The molecule has 2 heterocycles. The predicted molar refractivity (Wildman–Crippen MR) is 96.4 cm³/mol. The number of aromatic nitrogens is 2. The normalized spacial score (nSPS) is 18.4. The van der Waals surface area contributed by atoms with Crippen molar-refractivity contribution in [3.05, 3.63) is 41.0 Å². The first kappa shape index (κ1) is 19.8. The Bertz CT molecular complexity index is 898. The number of esters is 1. The average Bonchev–Trinajstić information content (AvgIpc) is 3.14. The topological polar surface area (TPSA) is 103 Å². The summed E-state index contributed by atoms with van der Waals surface area (Å²) >= 11 is 5.82. The van der Waals surface area contributed by atoms with Gasteiger partial charge in [0.25, 0.3) is 5.89 Å². The molecule has 1 saturated heterocycles. The molecule has 0 N–H and O–H groups in total. The highest BCUT2D eigenvalue weighted by atomic mass is 35.5. The lowest BCUT2D eigenvalue weighted by molar-refractivity contribution is -0.151. The SMILES string of the molecule is CCc1noc(COC(=O)C2CCCN(S(=O)(=O)c3ccc(Cl)cc3)C2)n1. The maximum Gasteiger partial charge on any atom is 0.310 e. The molecule has 2 aromatic rings. The zero-order valence-corrected chi connectivity index (χ0v) is 16.4. The summed E-state index contributed by atoms with van der Waals surface area (Å²) in [5, 5.41) is 4.19. The lowest BCUT2D eigenvalue weighted by atomic mass is 10.0. The van der Waals surface area contributed by atoms with Gasteiger partial charge in [-0.1, -0.05) is 23.7 Å². The van der Waals surface area contributed by atoms with Gasteiger partial charge in [-0.2, -0.15) is 9.29 Å². The van der Waals surface area contributed by atoms with E-state index in [1.807, 2.05) is 6.92 Å². The van der Waals surface area contributed by atoms with Crippen LogP contribution in [0.25, 0.3) is 0 Å². The van der Waals surface area contributed by atoms with Gasteiger partial charge in [0, 0.05) is 24.5 Å². The fraction of sp³-hybridized carbons (Fsp3) is 0.471. The highest BCUT2D eigenvalue weighted by Crippen LogP contribution is 2.25. The van der Waals surface area contributed by atoms with Gasteiger partial charge in [0.05, 0.1) is 10.8 Å². The van der Waals surface area contributed by atoms with E-state index in [4.69, 9.17) is 20.9 Å². The predicted octanol–water partition coefficient (Wildman–Crippen LogP) is 2.43. The van der Waals surface area contributed by atoms with Crippen LogP contribution in [0.5, 0.6) is 0 Å². The molecule has 1 aliphatic rings. The number of sulfonamides is 1. The van der Waals surface area contributed by atoms with Crippen LogP contribution in [-0.4, -0.2) is 41.9 Å². The Morgan fingerprint density at radius 2 is 2.11 bits per heavy atom. The summed E-state index contributed by atoms with van der Waals surface area (Å²) < 4.78 is 37.1. The first-order valence-corrected chi connectivity index (χ1v) is 10.5. The van der Waals surface area contributed by atoms with Crippen molar-refractivity contribution in [1.82, 2.24) is 14.4 Å². The van der Waals surface area contributed by atoms with E-state index in [-0.39, 0.29) is 23.9 Å². The van der Waals surface area contributed by atoms with Crippen molar-refractivity contribution in [1.29, 1.82) is 0 Å². The van der Waals surface area contributed by atoms with E-state index in [9.17, 15) is 13.2 Å². The van der Waals surface area contributed by atoms with Crippen molar-refractivity contribution >= 4 is 27.6 Å². The Morgan fingerprint density at radius 1 is 1.37 bits per heavy atom. The van der Waals surface area contributed by atoms with Crippen molar-refractivity contribution < 1.29 is 22.5 Å². The Morgan fingerprint density at radius 3 is 2.78 bits per heavy atom. The molecule has 0 radical (unpaired) electrons. The molecule has 3 rings (SSSR count). The minimum absolute atomic E-state index is 0.0772. The van der Waals surface area contributed by atoms with Crippen molar-refractivity contribution in [2.75, 3.05) is 13.1 Å². The number of hydrogen-bond donors (Lipinski definition) is 0. The minimum atomic E-state index is -3.69. The third-order valence-corrected chi connectivity index (χ3v) is 6.46. The Labute approximate surface area is 162 Å². The van der Waals surface area contributed by atoms with Crippen LogP contribution >= 0.6 is 11.6 Å². The Balaban J connectivity index is 1.62. The smallest absolute Gasteiger partial charge is 0.310 e. The largest absolute Gasteiger partial charge is 0.455 e. The summed E-state index contributed by atoms with van der Waals surface area (Å²) in [5.41, 5.74) is 0. The lowest BCUT2D eigenvalue weighted by Crippen LogP contribution is -2.42. The monoisotopic (exact) mass is 413 g/mol. The number of piperidine rings is 1. The van der Waals surface area contributed by atoms with Gasteiger partial charge in [-0.05, 0) is 37.1 Å². The van der Waals surface area contributed by atoms with E-state index >= 15 is 0 Å². The van der Waals surface area contributed by atoms with Gasteiger partial charge in [-0.25, -0.2) is 8.42 Å². The van der Waals surface area contributed by atoms with Crippen molar-refractivity contribution in [3.63, 3.8) is 0 Å². The third kappa shape index (κ3) is 4.66. The molecule has 146 valence electrons. The maximum absolute atomic E-state index is 12.8. The van der Waals surface area contributed by atoms with Crippen LogP contribution in [0.4, 0.5) is 0 Å². The highest BCUT2D eigenvalue weighted by molar-refractivity contribution is 7.89. The van der Waals surface area contributed by atoms with E-state index in [1.54, 1.807) is 0 Å². The van der Waals surface area contributed by atoms with E-state index in [2.05, 4.69) is 10.1 Å². The lowest BCUT2D eigenvalue weighted by Gasteiger charge is -2.30. The van der Waals surface area contributed by atoms with Crippen LogP contribution in [0.3, 0.4) is 0 Å². The molecule has 8 nitrogen and oxygen atoms in total. The minimum Gasteiger partial charge on any atom is -0.455 e. The molecule has 1 aromatic heterocycles. The van der Waals surface area contributed by atoms with Gasteiger partial charge in [0.1, 0.15) is 0 Å². The fourth-order valence-electron chi connectivity index (χ4n) is 2.85. The first-order valence-electron chi connectivity index (χ1n) is 8.64. The van der Waals surface area contributed by atoms with E-state index in [1.165, 1.54) is 28.6 Å². The summed E-state index contributed by atoms with van der Waals surface area (Å²) in [5.74, 6) is -0.239. The van der Waals surface area contributed by atoms with Crippen molar-refractivity contribution in [2.24, 2.45) is 5.92 Å². The molecule has 0 bridgehead atoms. The maximum atomic E-state index is 12.8. The molecule has 0 amide bonds. The second-order valence-corrected chi connectivity index (χ2v) is 8.60. The number of carbonyl (C=O) groups excluding carboxylic acids is 1. The van der Waals surface area contributed by atoms with Gasteiger partial charge >= 0.3 is 5.97 Å². The summed E-state index contributed by atoms with van der Waals surface area (Å²) in [7, 11) is -3.69. The summed E-state index contributed by atoms with van der Waals surface area (Å²) in [4.78, 5) is 16.6. The van der Waals surface area contributed by atoms with Crippen LogP contribution in [0, 0.1) is 5.92 Å². The van der Waals surface area contributed by atoms with E-state index < -0.39 is 21.9 Å². The van der Waals surface area contributed by atoms with Gasteiger partial charge in [0.2, 0.25) is 10.0 Å². The van der Waals surface area contributed by atoms with Crippen LogP contribution < -0.4 is 0 Å². The van der Waals surface area contributed by atoms with Crippen molar-refractivity contribution in [3.8, 4) is 0 Å². The standard InChI is InChI=1S/C17H20ClN3O5S/c1-2-15-19-16(26-20-15)11-25-17(22)12-4-3-9-21(10-12)27(23,24)14-7-5-13(18)6-8-14/h5-8,12H,2-4,9-11H2,1H3. The number of nitrogens with zero attached hydrogens (tertiary/aromatic N) is 3. The molecule has 0 saturated carbocycles. The van der Waals surface area contributed by atoms with Gasteiger partial charge in [0.15, 0.2) is 12.4 Å². The summed E-state index contributed by atoms with van der Waals surface area (Å²) in [6, 6.07) is 5.97. The number of hydrogen-bond acceptors (Lipinski definition) is 7. The fourth-order valence-corrected chi connectivity index (χ4v) is 4.50. The third-order valence-electron chi connectivity index (χ3n) is 4.33. The molecule has 27 heavy (non-hydrogen) atoms. The molecule has 0 aliphatic carbocycles. The quantitative estimate of drug-likeness (QED) is 0.670. The van der Waals surface area contributed by atoms with Crippen LogP contribution in [0.1, 0.15) is 31.5 Å².